The molecule has 1 N–H and O–H groups in total. The number of hydrogen-bond donors (Lipinski definition) is 1. The van der Waals surface area contributed by atoms with E-state index in [0.717, 1.165) is 22.5 Å². The molecule has 0 amide bonds. The van der Waals surface area contributed by atoms with Crippen molar-refractivity contribution in [2.75, 3.05) is 0 Å². The van der Waals surface area contributed by atoms with Gasteiger partial charge in [-0.05, 0) is 13.3 Å². The lowest BCUT2D eigenvalue weighted by Gasteiger charge is -1.91. The Morgan fingerprint density at radius 3 is 2.91 bits per heavy atom. The van der Waals surface area contributed by atoms with Crippen molar-refractivity contribution in [3.05, 3.63) is 23.5 Å². The molecule has 1 aromatic heterocycles. The molecule has 0 atom stereocenters. The van der Waals surface area contributed by atoms with Gasteiger partial charge in [-0.15, -0.1) is 9.94 Å². The highest BCUT2D eigenvalue weighted by Gasteiger charge is 1.99. The first kappa shape index (κ1) is 7.85. The van der Waals surface area contributed by atoms with E-state index in [4.69, 9.17) is 5.21 Å². The number of aromatic nitrogens is 2. The van der Waals surface area contributed by atoms with Crippen LogP contribution in [0.5, 0.6) is 0 Å². The van der Waals surface area contributed by atoms with E-state index in [1.807, 2.05) is 19.1 Å². The minimum absolute atomic E-state index is 0.773. The second-order valence-corrected chi connectivity index (χ2v) is 2.39. The molecule has 0 aliphatic heterocycles. The minimum atomic E-state index is 0.773. The van der Waals surface area contributed by atoms with Crippen LogP contribution in [0.2, 0.25) is 0 Å². The molecule has 1 heterocycles. The molecule has 0 saturated carbocycles. The molecule has 0 unspecified atom stereocenters. The maximum atomic E-state index is 9.01. The van der Waals surface area contributed by atoms with E-state index in [-0.39, 0.29) is 0 Å². The van der Waals surface area contributed by atoms with Crippen molar-refractivity contribution in [2.45, 2.75) is 20.3 Å². The molecule has 0 spiro atoms. The molecular weight excluding hydrogens is 140 g/mol. The van der Waals surface area contributed by atoms with E-state index >= 15 is 0 Å². The van der Waals surface area contributed by atoms with Crippen molar-refractivity contribution in [2.24, 2.45) is 0 Å². The van der Waals surface area contributed by atoms with Crippen LogP contribution in [0, 0.1) is 6.92 Å². The Kier molecular flexibility index (Phi) is 2.31. The third-order valence-corrected chi connectivity index (χ3v) is 1.56. The highest BCUT2D eigenvalue weighted by atomic mass is 16.5. The average molecular weight is 152 g/mol. The minimum Gasteiger partial charge on any atom is -0.411 e. The molecule has 0 aliphatic rings. The Balaban J connectivity index is 2.87. The summed E-state index contributed by atoms with van der Waals surface area (Å²) in [6.45, 7) is 3.89. The second kappa shape index (κ2) is 3.23. The summed E-state index contributed by atoms with van der Waals surface area (Å²) in [5.41, 5.74) is 1.74. The summed E-state index contributed by atoms with van der Waals surface area (Å²) < 4.78 is 0. The van der Waals surface area contributed by atoms with Crippen molar-refractivity contribution in [3.8, 4) is 0 Å². The quantitative estimate of drug-likeness (QED) is 0.657. The van der Waals surface area contributed by atoms with Crippen molar-refractivity contribution in [1.82, 2.24) is 9.94 Å². The smallest absolute Gasteiger partial charge is 0.0839 e. The first-order valence-electron chi connectivity index (χ1n) is 3.66. The second-order valence-electron chi connectivity index (χ2n) is 2.39. The molecule has 3 heteroatoms. The first-order valence-corrected chi connectivity index (χ1v) is 3.66. The SMILES string of the molecule is CC/C=C/c1cnn(O)c1C. The van der Waals surface area contributed by atoms with E-state index in [2.05, 4.69) is 12.0 Å². The molecule has 0 saturated heterocycles. The van der Waals surface area contributed by atoms with Crippen LogP contribution >= 0.6 is 0 Å². The molecule has 1 aromatic rings. The molecule has 60 valence electrons. The van der Waals surface area contributed by atoms with E-state index in [1.165, 1.54) is 0 Å². The number of rotatable bonds is 2. The maximum Gasteiger partial charge on any atom is 0.0839 e. The van der Waals surface area contributed by atoms with Crippen LogP contribution in [0.4, 0.5) is 0 Å². The van der Waals surface area contributed by atoms with Gasteiger partial charge in [0.25, 0.3) is 0 Å². The molecule has 0 bridgehead atoms. The monoisotopic (exact) mass is 152 g/mol. The van der Waals surface area contributed by atoms with Crippen molar-refractivity contribution in [3.63, 3.8) is 0 Å². The summed E-state index contributed by atoms with van der Waals surface area (Å²) in [6.07, 6.45) is 6.62. The summed E-state index contributed by atoms with van der Waals surface area (Å²) in [6, 6.07) is 0. The zero-order valence-electron chi connectivity index (χ0n) is 6.78. The van der Waals surface area contributed by atoms with Crippen LogP contribution in [0.3, 0.4) is 0 Å². The van der Waals surface area contributed by atoms with Gasteiger partial charge in [0.15, 0.2) is 0 Å². The summed E-state index contributed by atoms with van der Waals surface area (Å²) in [4.78, 5) is 0.884. The molecular formula is C8H12N2O. The lowest BCUT2D eigenvalue weighted by atomic mass is 10.2. The Hall–Kier alpha value is -1.25. The zero-order valence-corrected chi connectivity index (χ0v) is 6.78. The van der Waals surface area contributed by atoms with Crippen molar-refractivity contribution >= 4 is 6.08 Å². The molecule has 1 rings (SSSR count). The van der Waals surface area contributed by atoms with Gasteiger partial charge in [0, 0.05) is 5.56 Å². The zero-order chi connectivity index (χ0) is 8.27. The topological polar surface area (TPSA) is 38.0 Å². The molecule has 0 aliphatic carbocycles. The molecule has 3 nitrogen and oxygen atoms in total. The normalized spacial score (nSPS) is 11.1. The van der Waals surface area contributed by atoms with Gasteiger partial charge < -0.3 is 5.21 Å². The first-order chi connectivity index (χ1) is 5.25. The summed E-state index contributed by atoms with van der Waals surface area (Å²) in [5, 5.41) is 12.7. The van der Waals surface area contributed by atoms with Gasteiger partial charge in [0.2, 0.25) is 0 Å². The third kappa shape index (κ3) is 1.61. The average Bonchev–Trinajstić information content (AvgIpc) is 2.31. The van der Waals surface area contributed by atoms with Crippen molar-refractivity contribution in [1.29, 1.82) is 0 Å². The van der Waals surface area contributed by atoms with Crippen LogP contribution < -0.4 is 0 Å². The molecule has 0 radical (unpaired) electrons. The fraction of sp³-hybridized carbons (Fsp3) is 0.375. The van der Waals surface area contributed by atoms with Crippen LogP contribution in [0.1, 0.15) is 24.6 Å². The summed E-state index contributed by atoms with van der Waals surface area (Å²) in [7, 11) is 0. The Morgan fingerprint density at radius 1 is 1.73 bits per heavy atom. The van der Waals surface area contributed by atoms with E-state index in [1.54, 1.807) is 6.20 Å². The predicted molar refractivity (Wildman–Crippen MR) is 43.5 cm³/mol. The Bertz CT molecular complexity index is 263. The van der Waals surface area contributed by atoms with Gasteiger partial charge in [0.05, 0.1) is 11.9 Å². The van der Waals surface area contributed by atoms with E-state index in [0.29, 0.717) is 0 Å². The fourth-order valence-electron chi connectivity index (χ4n) is 0.821. The fourth-order valence-corrected chi connectivity index (χ4v) is 0.821. The van der Waals surface area contributed by atoms with E-state index in [9.17, 15) is 0 Å². The number of allylic oxidation sites excluding steroid dienone is 1. The largest absolute Gasteiger partial charge is 0.411 e. The molecule has 0 fully saturated rings. The van der Waals surface area contributed by atoms with Gasteiger partial charge in [-0.25, -0.2) is 0 Å². The van der Waals surface area contributed by atoms with Gasteiger partial charge in [0.1, 0.15) is 0 Å². The number of hydrogen-bond acceptors (Lipinski definition) is 2. The van der Waals surface area contributed by atoms with Crippen LogP contribution in [-0.2, 0) is 0 Å². The Labute approximate surface area is 65.9 Å². The van der Waals surface area contributed by atoms with Crippen LogP contribution in [0.25, 0.3) is 6.08 Å². The lowest BCUT2D eigenvalue weighted by Crippen LogP contribution is -1.94. The summed E-state index contributed by atoms with van der Waals surface area (Å²) in [5.74, 6) is 0. The van der Waals surface area contributed by atoms with Crippen LogP contribution in [-0.4, -0.2) is 15.2 Å². The highest BCUT2D eigenvalue weighted by molar-refractivity contribution is 5.50. The van der Waals surface area contributed by atoms with Crippen LogP contribution in [0.15, 0.2) is 12.3 Å². The lowest BCUT2D eigenvalue weighted by molar-refractivity contribution is 0.142. The van der Waals surface area contributed by atoms with Crippen molar-refractivity contribution < 1.29 is 5.21 Å². The number of nitrogens with zero attached hydrogens (tertiary/aromatic N) is 2. The van der Waals surface area contributed by atoms with E-state index < -0.39 is 0 Å². The summed E-state index contributed by atoms with van der Waals surface area (Å²) >= 11 is 0. The predicted octanol–water partition coefficient (Wildman–Crippen LogP) is 1.85. The highest BCUT2D eigenvalue weighted by Crippen LogP contribution is 2.07. The van der Waals surface area contributed by atoms with Gasteiger partial charge in [-0.3, -0.25) is 0 Å². The van der Waals surface area contributed by atoms with Gasteiger partial charge in [-0.2, -0.15) is 0 Å². The molecule has 11 heavy (non-hydrogen) atoms. The maximum absolute atomic E-state index is 9.01. The molecule has 0 aromatic carbocycles. The Morgan fingerprint density at radius 2 is 2.45 bits per heavy atom. The van der Waals surface area contributed by atoms with Gasteiger partial charge >= 0.3 is 0 Å². The standard InChI is InChI=1S/C8H12N2O/c1-3-4-5-8-6-9-10(11)7(8)2/h4-6,11H,3H2,1-2H3/b5-4+. The van der Waals surface area contributed by atoms with Gasteiger partial charge in [-0.1, -0.05) is 19.1 Å². The third-order valence-electron chi connectivity index (χ3n) is 1.56.